The molecule has 0 aliphatic heterocycles. The molecular formula is C6HCl2F3N2O. The summed E-state index contributed by atoms with van der Waals surface area (Å²) < 4.78 is 36.5. The van der Waals surface area contributed by atoms with Crippen molar-refractivity contribution < 1.29 is 13.2 Å². The first-order valence-corrected chi connectivity index (χ1v) is 3.88. The Labute approximate surface area is 85.8 Å². The Morgan fingerprint density at radius 3 is 2.29 bits per heavy atom. The van der Waals surface area contributed by atoms with Gasteiger partial charge in [0, 0.05) is 0 Å². The molecule has 14 heavy (non-hydrogen) atoms. The van der Waals surface area contributed by atoms with E-state index in [1.165, 1.54) is 0 Å². The van der Waals surface area contributed by atoms with Gasteiger partial charge in [-0.25, -0.2) is 4.98 Å². The molecule has 0 amide bonds. The highest BCUT2D eigenvalue weighted by Crippen LogP contribution is 2.37. The molecule has 1 aromatic rings. The standard InChI is InChI=1S/C6HCl2F3N2O/c7-2-1-3(8)5(13-14)12-4(2)6(9,10)11/h1H. The minimum atomic E-state index is -4.74. The molecule has 0 fully saturated rings. The van der Waals surface area contributed by atoms with Crippen molar-refractivity contribution in [1.29, 1.82) is 0 Å². The Morgan fingerprint density at radius 2 is 1.86 bits per heavy atom. The summed E-state index contributed by atoms with van der Waals surface area (Å²) in [4.78, 5) is 12.9. The molecule has 0 N–H and O–H groups in total. The number of hydrogen-bond donors (Lipinski definition) is 0. The summed E-state index contributed by atoms with van der Waals surface area (Å²) in [6, 6.07) is 0.773. The highest BCUT2D eigenvalue weighted by molar-refractivity contribution is 6.36. The normalized spacial score (nSPS) is 11.5. The van der Waals surface area contributed by atoms with Gasteiger partial charge in [-0.1, -0.05) is 23.2 Å². The molecule has 0 bridgehead atoms. The van der Waals surface area contributed by atoms with E-state index in [2.05, 4.69) is 10.2 Å². The summed E-state index contributed by atoms with van der Waals surface area (Å²) in [5.74, 6) is -0.733. The number of nitrogens with zero attached hydrogens (tertiary/aromatic N) is 2. The van der Waals surface area contributed by atoms with Crippen molar-refractivity contribution in [2.45, 2.75) is 6.18 Å². The molecule has 0 aliphatic carbocycles. The van der Waals surface area contributed by atoms with Gasteiger partial charge in [-0.15, -0.1) is 4.91 Å². The Bertz CT molecular complexity index is 380. The van der Waals surface area contributed by atoms with Crippen LogP contribution < -0.4 is 0 Å². The van der Waals surface area contributed by atoms with Crippen LogP contribution in [0.15, 0.2) is 11.2 Å². The van der Waals surface area contributed by atoms with Crippen LogP contribution in [0.2, 0.25) is 10.0 Å². The first kappa shape index (κ1) is 11.2. The minimum absolute atomic E-state index is 0.321. The van der Waals surface area contributed by atoms with Crippen LogP contribution in [0.25, 0.3) is 0 Å². The molecule has 8 heteroatoms. The van der Waals surface area contributed by atoms with Gasteiger partial charge >= 0.3 is 6.18 Å². The Kier molecular flexibility index (Phi) is 2.96. The topological polar surface area (TPSA) is 42.3 Å². The highest BCUT2D eigenvalue weighted by atomic mass is 35.5. The largest absolute Gasteiger partial charge is 0.434 e. The zero-order valence-corrected chi connectivity index (χ0v) is 7.78. The zero-order chi connectivity index (χ0) is 10.9. The Balaban J connectivity index is 3.39. The second kappa shape index (κ2) is 3.70. The molecular weight excluding hydrogens is 244 g/mol. The summed E-state index contributed by atoms with van der Waals surface area (Å²) >= 11 is 10.6. The van der Waals surface area contributed by atoms with Gasteiger partial charge < -0.3 is 0 Å². The maximum absolute atomic E-state index is 12.2. The fourth-order valence-corrected chi connectivity index (χ4v) is 1.22. The summed E-state index contributed by atoms with van der Waals surface area (Å²) in [5, 5.41) is 1.24. The molecule has 1 aromatic heterocycles. The second-order valence-electron chi connectivity index (χ2n) is 2.21. The van der Waals surface area contributed by atoms with Gasteiger partial charge in [0.2, 0.25) is 5.82 Å². The first-order valence-electron chi connectivity index (χ1n) is 3.13. The van der Waals surface area contributed by atoms with E-state index >= 15 is 0 Å². The lowest BCUT2D eigenvalue weighted by atomic mass is 10.3. The number of hydrogen-bond acceptors (Lipinski definition) is 3. The van der Waals surface area contributed by atoms with E-state index in [-0.39, 0.29) is 5.02 Å². The zero-order valence-electron chi connectivity index (χ0n) is 6.27. The molecule has 3 nitrogen and oxygen atoms in total. The maximum Gasteiger partial charge on any atom is 0.434 e. The lowest BCUT2D eigenvalue weighted by molar-refractivity contribution is -0.141. The fourth-order valence-electron chi connectivity index (χ4n) is 0.720. The van der Waals surface area contributed by atoms with Crippen LogP contribution >= 0.6 is 23.2 Å². The van der Waals surface area contributed by atoms with Crippen LogP contribution in [0.4, 0.5) is 19.0 Å². The third kappa shape index (κ3) is 2.13. The number of pyridine rings is 1. The SMILES string of the molecule is O=Nc1nc(C(F)(F)F)c(Cl)cc1Cl. The highest BCUT2D eigenvalue weighted by Gasteiger charge is 2.36. The van der Waals surface area contributed by atoms with Crippen LogP contribution in [-0.2, 0) is 6.18 Å². The number of halogens is 5. The van der Waals surface area contributed by atoms with Gasteiger partial charge in [0.05, 0.1) is 10.0 Å². The molecule has 1 rings (SSSR count). The van der Waals surface area contributed by atoms with Crippen molar-refractivity contribution in [2.75, 3.05) is 0 Å². The van der Waals surface area contributed by atoms with Crippen molar-refractivity contribution in [3.8, 4) is 0 Å². The van der Waals surface area contributed by atoms with E-state index in [4.69, 9.17) is 23.2 Å². The van der Waals surface area contributed by atoms with Crippen LogP contribution in [0.3, 0.4) is 0 Å². The first-order chi connectivity index (χ1) is 6.36. The van der Waals surface area contributed by atoms with Crippen LogP contribution in [-0.4, -0.2) is 4.98 Å². The van der Waals surface area contributed by atoms with Crippen LogP contribution in [0.1, 0.15) is 5.69 Å². The van der Waals surface area contributed by atoms with Crippen LogP contribution in [0.5, 0.6) is 0 Å². The molecule has 0 atom stereocenters. The molecule has 0 saturated heterocycles. The summed E-state index contributed by atoms with van der Waals surface area (Å²) in [6.45, 7) is 0. The second-order valence-corrected chi connectivity index (χ2v) is 3.03. The van der Waals surface area contributed by atoms with E-state index in [0.29, 0.717) is 0 Å². The van der Waals surface area contributed by atoms with Gasteiger partial charge in [0.15, 0.2) is 5.69 Å². The lowest BCUT2D eigenvalue weighted by Crippen LogP contribution is -2.08. The summed E-state index contributed by atoms with van der Waals surface area (Å²) in [5.41, 5.74) is -1.38. The van der Waals surface area contributed by atoms with E-state index < -0.39 is 22.7 Å². The maximum atomic E-state index is 12.2. The average molecular weight is 245 g/mol. The monoisotopic (exact) mass is 244 g/mol. The molecule has 0 unspecified atom stereocenters. The molecule has 0 aliphatic rings. The van der Waals surface area contributed by atoms with Gasteiger partial charge in [-0.3, -0.25) is 0 Å². The summed E-state index contributed by atoms with van der Waals surface area (Å²) in [6.07, 6.45) is -4.74. The van der Waals surface area contributed by atoms with Crippen LogP contribution in [0, 0.1) is 4.91 Å². The number of nitroso groups, excluding NO2 is 1. The van der Waals surface area contributed by atoms with Crippen molar-refractivity contribution in [1.82, 2.24) is 4.98 Å². The molecule has 0 aromatic carbocycles. The fraction of sp³-hybridized carbons (Fsp3) is 0.167. The predicted octanol–water partition coefficient (Wildman–Crippen LogP) is 3.81. The van der Waals surface area contributed by atoms with Crippen molar-refractivity contribution in [3.63, 3.8) is 0 Å². The molecule has 0 saturated carbocycles. The number of aromatic nitrogens is 1. The van der Waals surface area contributed by atoms with E-state index in [1.54, 1.807) is 0 Å². The van der Waals surface area contributed by atoms with Crippen molar-refractivity contribution in [2.24, 2.45) is 5.18 Å². The van der Waals surface area contributed by atoms with E-state index in [0.717, 1.165) is 6.07 Å². The predicted molar refractivity (Wildman–Crippen MR) is 44.7 cm³/mol. The molecule has 76 valence electrons. The Hall–Kier alpha value is -0.880. The molecule has 0 radical (unpaired) electrons. The van der Waals surface area contributed by atoms with Gasteiger partial charge in [-0.2, -0.15) is 13.2 Å². The summed E-state index contributed by atoms with van der Waals surface area (Å²) in [7, 11) is 0. The minimum Gasteiger partial charge on any atom is -0.218 e. The van der Waals surface area contributed by atoms with E-state index in [1.807, 2.05) is 0 Å². The smallest absolute Gasteiger partial charge is 0.218 e. The molecule has 0 spiro atoms. The van der Waals surface area contributed by atoms with Crippen molar-refractivity contribution >= 4 is 29.0 Å². The van der Waals surface area contributed by atoms with Gasteiger partial charge in [0.25, 0.3) is 0 Å². The third-order valence-corrected chi connectivity index (χ3v) is 1.83. The third-order valence-electron chi connectivity index (χ3n) is 1.27. The number of alkyl halides is 3. The van der Waals surface area contributed by atoms with E-state index in [9.17, 15) is 18.1 Å². The quantitative estimate of drug-likeness (QED) is 0.706. The lowest BCUT2D eigenvalue weighted by Gasteiger charge is -2.07. The van der Waals surface area contributed by atoms with Crippen molar-refractivity contribution in [3.05, 3.63) is 26.7 Å². The Morgan fingerprint density at radius 1 is 1.29 bits per heavy atom. The average Bonchev–Trinajstić information content (AvgIpc) is 2.02. The van der Waals surface area contributed by atoms with Gasteiger partial charge in [-0.05, 0) is 11.2 Å². The molecule has 1 heterocycles. The van der Waals surface area contributed by atoms with Gasteiger partial charge in [0.1, 0.15) is 0 Å². The number of rotatable bonds is 1.